The number of anilines is 2. The summed E-state index contributed by atoms with van der Waals surface area (Å²) in [5.74, 6) is -1.95. The highest BCUT2D eigenvalue weighted by molar-refractivity contribution is 8.00. The number of thioether (sulfide) groups is 1. The Kier molecular flexibility index (Phi) is 4.80. The molecule has 1 amide bonds. The number of nitrogen functional groups attached to an aromatic ring is 1. The molecule has 21 heavy (non-hydrogen) atoms. The van der Waals surface area contributed by atoms with E-state index >= 15 is 0 Å². The van der Waals surface area contributed by atoms with Crippen LogP contribution < -0.4 is 11.1 Å². The number of nitrogens with two attached hydrogens (primary N) is 1. The van der Waals surface area contributed by atoms with Gasteiger partial charge in [0.25, 0.3) is 0 Å². The number of rotatable bonds is 4. The second kappa shape index (κ2) is 6.58. The van der Waals surface area contributed by atoms with Gasteiger partial charge in [-0.15, -0.1) is 11.8 Å². The molecule has 0 aromatic heterocycles. The molecule has 0 saturated heterocycles. The highest BCUT2D eigenvalue weighted by Crippen LogP contribution is 2.27. The van der Waals surface area contributed by atoms with Gasteiger partial charge in [0, 0.05) is 11.4 Å². The summed E-state index contributed by atoms with van der Waals surface area (Å²) in [4.78, 5) is 11.6. The van der Waals surface area contributed by atoms with Gasteiger partial charge in [-0.1, -0.05) is 12.1 Å². The van der Waals surface area contributed by atoms with E-state index < -0.39 is 11.6 Å². The highest BCUT2D eigenvalue weighted by Gasteiger charge is 2.13. The fourth-order valence-electron chi connectivity index (χ4n) is 1.77. The van der Waals surface area contributed by atoms with Crippen LogP contribution in [0.15, 0.2) is 41.3 Å². The van der Waals surface area contributed by atoms with Crippen molar-refractivity contribution < 1.29 is 13.6 Å². The smallest absolute Gasteiger partial charge is 0.234 e. The number of nitrogens with one attached hydrogen (secondary N) is 1. The molecular weight excluding hydrogens is 294 g/mol. The Bertz CT molecular complexity index is 653. The largest absolute Gasteiger partial charge is 0.399 e. The molecular formula is C15H14F2N2OS. The average Bonchev–Trinajstić information content (AvgIpc) is 2.37. The number of benzene rings is 2. The highest BCUT2D eigenvalue weighted by atomic mass is 32.2. The molecule has 0 aliphatic carbocycles. The lowest BCUT2D eigenvalue weighted by atomic mass is 10.2. The minimum Gasteiger partial charge on any atom is -0.399 e. The Hall–Kier alpha value is -2.08. The first-order chi connectivity index (χ1) is 9.95. The fourth-order valence-corrected chi connectivity index (χ4v) is 2.52. The first kappa shape index (κ1) is 15.3. The standard InChI is InChI=1S/C15H14F2N2OS/c1-9-3-2-4-11(5-9)19-14(20)8-21-15-12(16)6-10(18)7-13(15)17/h2-7H,8,18H2,1H3,(H,19,20). The number of carbonyl (C=O) groups excluding carboxylic acids is 1. The van der Waals surface area contributed by atoms with Crippen molar-refractivity contribution in [2.75, 3.05) is 16.8 Å². The molecule has 0 aliphatic rings. The normalized spacial score (nSPS) is 10.4. The first-order valence-electron chi connectivity index (χ1n) is 6.19. The van der Waals surface area contributed by atoms with Crippen LogP contribution in [0.1, 0.15) is 5.56 Å². The van der Waals surface area contributed by atoms with Gasteiger partial charge < -0.3 is 11.1 Å². The Labute approximate surface area is 125 Å². The summed E-state index contributed by atoms with van der Waals surface area (Å²) >= 11 is 0.796. The topological polar surface area (TPSA) is 55.1 Å². The van der Waals surface area contributed by atoms with Crippen molar-refractivity contribution in [1.82, 2.24) is 0 Å². The average molecular weight is 308 g/mol. The SMILES string of the molecule is Cc1cccc(NC(=O)CSc2c(F)cc(N)cc2F)c1. The zero-order valence-corrected chi connectivity index (χ0v) is 12.1. The summed E-state index contributed by atoms with van der Waals surface area (Å²) in [7, 11) is 0. The molecule has 0 unspecified atom stereocenters. The van der Waals surface area contributed by atoms with Crippen molar-refractivity contribution in [2.24, 2.45) is 0 Å². The van der Waals surface area contributed by atoms with E-state index in [-0.39, 0.29) is 22.2 Å². The van der Waals surface area contributed by atoms with Gasteiger partial charge in [0.15, 0.2) is 0 Å². The Balaban J connectivity index is 1.99. The second-order valence-electron chi connectivity index (χ2n) is 4.52. The van der Waals surface area contributed by atoms with Gasteiger partial charge in [0.05, 0.1) is 10.6 Å². The van der Waals surface area contributed by atoms with E-state index in [4.69, 9.17) is 5.73 Å². The molecule has 2 rings (SSSR count). The number of carbonyl (C=O) groups is 1. The zero-order valence-electron chi connectivity index (χ0n) is 11.3. The van der Waals surface area contributed by atoms with Gasteiger partial charge in [-0.25, -0.2) is 8.78 Å². The van der Waals surface area contributed by atoms with Gasteiger partial charge in [-0.05, 0) is 36.8 Å². The third kappa shape index (κ3) is 4.19. The van der Waals surface area contributed by atoms with E-state index in [1.165, 1.54) is 0 Å². The van der Waals surface area contributed by atoms with Crippen LogP contribution in [0.4, 0.5) is 20.2 Å². The molecule has 0 spiro atoms. The minimum absolute atomic E-state index is 0.0126. The molecule has 0 aliphatic heterocycles. The third-order valence-electron chi connectivity index (χ3n) is 2.67. The molecule has 3 N–H and O–H groups in total. The van der Waals surface area contributed by atoms with E-state index in [0.29, 0.717) is 5.69 Å². The van der Waals surface area contributed by atoms with Crippen molar-refractivity contribution in [3.63, 3.8) is 0 Å². The zero-order chi connectivity index (χ0) is 15.4. The Morgan fingerprint density at radius 1 is 1.24 bits per heavy atom. The number of halogens is 2. The summed E-state index contributed by atoms with van der Waals surface area (Å²) in [6.45, 7) is 1.91. The fraction of sp³-hybridized carbons (Fsp3) is 0.133. The van der Waals surface area contributed by atoms with Gasteiger partial charge in [-0.3, -0.25) is 4.79 Å². The van der Waals surface area contributed by atoms with Crippen molar-refractivity contribution in [3.8, 4) is 0 Å². The predicted octanol–water partition coefficient (Wildman–Crippen LogP) is 3.59. The molecule has 2 aromatic rings. The van der Waals surface area contributed by atoms with E-state index in [0.717, 1.165) is 29.5 Å². The van der Waals surface area contributed by atoms with Crippen LogP contribution in [0.5, 0.6) is 0 Å². The molecule has 0 atom stereocenters. The van der Waals surface area contributed by atoms with Crippen molar-refractivity contribution in [1.29, 1.82) is 0 Å². The van der Waals surface area contributed by atoms with Crippen molar-refractivity contribution >= 4 is 29.0 Å². The molecule has 3 nitrogen and oxygen atoms in total. The van der Waals surface area contributed by atoms with Crippen LogP contribution in [-0.2, 0) is 4.79 Å². The molecule has 0 bridgehead atoms. The molecule has 0 saturated carbocycles. The molecule has 0 heterocycles. The summed E-state index contributed by atoms with van der Waals surface area (Å²) < 4.78 is 27.1. The summed E-state index contributed by atoms with van der Waals surface area (Å²) in [5.41, 5.74) is 7.01. The van der Waals surface area contributed by atoms with Crippen LogP contribution in [-0.4, -0.2) is 11.7 Å². The maximum absolute atomic E-state index is 13.6. The summed E-state index contributed by atoms with van der Waals surface area (Å²) in [6, 6.07) is 9.35. The van der Waals surface area contributed by atoms with Crippen LogP contribution in [0.3, 0.4) is 0 Å². The number of hydrogen-bond acceptors (Lipinski definition) is 3. The van der Waals surface area contributed by atoms with Crippen LogP contribution >= 0.6 is 11.8 Å². The molecule has 110 valence electrons. The predicted molar refractivity (Wildman–Crippen MR) is 81.3 cm³/mol. The maximum atomic E-state index is 13.6. The number of amides is 1. The van der Waals surface area contributed by atoms with Crippen LogP contribution in [0, 0.1) is 18.6 Å². The van der Waals surface area contributed by atoms with Gasteiger partial charge in [-0.2, -0.15) is 0 Å². The number of aryl methyl sites for hydroxylation is 1. The first-order valence-corrected chi connectivity index (χ1v) is 7.18. The summed E-state index contributed by atoms with van der Waals surface area (Å²) in [5, 5.41) is 2.67. The molecule has 2 aromatic carbocycles. The van der Waals surface area contributed by atoms with Crippen molar-refractivity contribution in [3.05, 3.63) is 53.6 Å². The van der Waals surface area contributed by atoms with Gasteiger partial charge in [0.2, 0.25) is 5.91 Å². The second-order valence-corrected chi connectivity index (χ2v) is 5.51. The quantitative estimate of drug-likeness (QED) is 0.670. The molecule has 0 fully saturated rings. The minimum atomic E-state index is -0.763. The van der Waals surface area contributed by atoms with Crippen molar-refractivity contribution in [2.45, 2.75) is 11.8 Å². The lowest BCUT2D eigenvalue weighted by Gasteiger charge is -2.07. The van der Waals surface area contributed by atoms with E-state index in [9.17, 15) is 13.6 Å². The lowest BCUT2D eigenvalue weighted by molar-refractivity contribution is -0.113. The monoisotopic (exact) mass is 308 g/mol. The van der Waals surface area contributed by atoms with Gasteiger partial charge >= 0.3 is 0 Å². The molecule has 0 radical (unpaired) electrons. The van der Waals surface area contributed by atoms with E-state index in [2.05, 4.69) is 5.32 Å². The Morgan fingerprint density at radius 3 is 2.52 bits per heavy atom. The van der Waals surface area contributed by atoms with Gasteiger partial charge in [0.1, 0.15) is 11.6 Å². The molecule has 6 heteroatoms. The lowest BCUT2D eigenvalue weighted by Crippen LogP contribution is -2.14. The van der Waals surface area contributed by atoms with E-state index in [1.807, 2.05) is 25.1 Å². The van der Waals surface area contributed by atoms with Crippen LogP contribution in [0.2, 0.25) is 0 Å². The third-order valence-corrected chi connectivity index (χ3v) is 3.76. The number of hydrogen-bond donors (Lipinski definition) is 2. The van der Waals surface area contributed by atoms with Crippen LogP contribution in [0.25, 0.3) is 0 Å². The Morgan fingerprint density at radius 2 is 1.90 bits per heavy atom. The maximum Gasteiger partial charge on any atom is 0.234 e. The summed E-state index contributed by atoms with van der Waals surface area (Å²) in [6.07, 6.45) is 0. The van der Waals surface area contributed by atoms with E-state index in [1.54, 1.807) is 6.07 Å².